The third-order valence-corrected chi connectivity index (χ3v) is 2.32. The fourth-order valence-electron chi connectivity index (χ4n) is 1.58. The topological polar surface area (TPSA) is 45.6 Å². The molecule has 4 heteroatoms. The van der Waals surface area contributed by atoms with Gasteiger partial charge in [0, 0.05) is 19.3 Å². The largest absolute Gasteiger partial charge is 0.394 e. The predicted molar refractivity (Wildman–Crippen MR) is 53.3 cm³/mol. The number of aliphatic hydroxyl groups excluding tert-OH is 1. The van der Waals surface area contributed by atoms with Crippen LogP contribution in [-0.4, -0.2) is 42.5 Å². The van der Waals surface area contributed by atoms with Crippen molar-refractivity contribution in [2.24, 2.45) is 0 Å². The second-order valence-corrected chi connectivity index (χ2v) is 3.31. The molecule has 2 heterocycles. The molecule has 0 spiro atoms. The van der Waals surface area contributed by atoms with E-state index in [9.17, 15) is 0 Å². The standard InChI is InChI=1S/C10H14N2O2/c13-8-9-7-12(5-6-14-9)10-3-1-2-4-11-10/h1-4,9,13H,5-8H2. The number of hydrogen-bond donors (Lipinski definition) is 1. The van der Waals surface area contributed by atoms with E-state index in [1.807, 2.05) is 18.2 Å². The number of ether oxygens (including phenoxy) is 1. The highest BCUT2D eigenvalue weighted by Crippen LogP contribution is 2.13. The molecule has 1 saturated heterocycles. The monoisotopic (exact) mass is 194 g/mol. The minimum absolute atomic E-state index is 0.0728. The lowest BCUT2D eigenvalue weighted by Gasteiger charge is -2.32. The molecular formula is C10H14N2O2. The summed E-state index contributed by atoms with van der Waals surface area (Å²) in [4.78, 5) is 6.39. The van der Waals surface area contributed by atoms with Gasteiger partial charge in [-0.1, -0.05) is 6.07 Å². The number of aromatic nitrogens is 1. The molecule has 1 atom stereocenters. The van der Waals surface area contributed by atoms with Crippen LogP contribution in [-0.2, 0) is 4.74 Å². The van der Waals surface area contributed by atoms with Crippen molar-refractivity contribution in [2.75, 3.05) is 31.2 Å². The maximum Gasteiger partial charge on any atom is 0.128 e. The highest BCUT2D eigenvalue weighted by Gasteiger charge is 2.20. The summed E-state index contributed by atoms with van der Waals surface area (Å²) in [5, 5.41) is 8.98. The molecule has 1 N–H and O–H groups in total. The van der Waals surface area contributed by atoms with E-state index in [4.69, 9.17) is 9.84 Å². The number of aliphatic hydroxyl groups is 1. The number of anilines is 1. The van der Waals surface area contributed by atoms with Crippen LogP contribution < -0.4 is 4.90 Å². The number of nitrogens with zero attached hydrogens (tertiary/aromatic N) is 2. The number of morpholine rings is 1. The number of rotatable bonds is 2. The lowest BCUT2D eigenvalue weighted by molar-refractivity contribution is 0.00336. The van der Waals surface area contributed by atoms with Crippen LogP contribution in [0.5, 0.6) is 0 Å². The summed E-state index contributed by atoms with van der Waals surface area (Å²) in [6, 6.07) is 5.83. The second kappa shape index (κ2) is 4.39. The first kappa shape index (κ1) is 9.43. The first-order valence-electron chi connectivity index (χ1n) is 4.78. The average molecular weight is 194 g/mol. The maximum absolute atomic E-state index is 8.98. The van der Waals surface area contributed by atoms with Gasteiger partial charge in [0.05, 0.1) is 19.3 Å². The average Bonchev–Trinajstić information content (AvgIpc) is 2.30. The summed E-state index contributed by atoms with van der Waals surface area (Å²) in [7, 11) is 0. The minimum atomic E-state index is -0.0780. The Morgan fingerprint density at radius 3 is 3.21 bits per heavy atom. The predicted octanol–water partition coefficient (Wildman–Crippen LogP) is 0.279. The Morgan fingerprint density at radius 1 is 1.57 bits per heavy atom. The van der Waals surface area contributed by atoms with Crippen LogP contribution in [0.25, 0.3) is 0 Å². The highest BCUT2D eigenvalue weighted by atomic mass is 16.5. The van der Waals surface area contributed by atoms with Crippen molar-refractivity contribution in [2.45, 2.75) is 6.10 Å². The van der Waals surface area contributed by atoms with Gasteiger partial charge in [-0.15, -0.1) is 0 Å². The Labute approximate surface area is 83.1 Å². The highest BCUT2D eigenvalue weighted by molar-refractivity contribution is 5.38. The van der Waals surface area contributed by atoms with Crippen molar-refractivity contribution >= 4 is 5.82 Å². The van der Waals surface area contributed by atoms with Crippen molar-refractivity contribution in [3.63, 3.8) is 0 Å². The smallest absolute Gasteiger partial charge is 0.128 e. The van der Waals surface area contributed by atoms with E-state index in [0.717, 1.165) is 12.4 Å². The van der Waals surface area contributed by atoms with E-state index in [-0.39, 0.29) is 12.7 Å². The minimum Gasteiger partial charge on any atom is -0.394 e. The summed E-state index contributed by atoms with van der Waals surface area (Å²) in [5.74, 6) is 0.953. The van der Waals surface area contributed by atoms with Gasteiger partial charge in [-0.3, -0.25) is 0 Å². The summed E-state index contributed by atoms with van der Waals surface area (Å²) in [5.41, 5.74) is 0. The number of pyridine rings is 1. The Bertz CT molecular complexity index is 279. The molecule has 0 saturated carbocycles. The third-order valence-electron chi connectivity index (χ3n) is 2.32. The molecule has 0 amide bonds. The first-order valence-corrected chi connectivity index (χ1v) is 4.78. The molecular weight excluding hydrogens is 180 g/mol. The van der Waals surface area contributed by atoms with Crippen LogP contribution in [0.3, 0.4) is 0 Å². The fourth-order valence-corrected chi connectivity index (χ4v) is 1.58. The quantitative estimate of drug-likeness (QED) is 0.734. The van der Waals surface area contributed by atoms with Gasteiger partial charge in [-0.2, -0.15) is 0 Å². The molecule has 1 aromatic heterocycles. The van der Waals surface area contributed by atoms with E-state index in [2.05, 4.69) is 9.88 Å². The van der Waals surface area contributed by atoms with Gasteiger partial charge < -0.3 is 14.7 Å². The molecule has 14 heavy (non-hydrogen) atoms. The summed E-state index contributed by atoms with van der Waals surface area (Å²) in [6.07, 6.45) is 1.70. The lowest BCUT2D eigenvalue weighted by Crippen LogP contribution is -2.44. The fraction of sp³-hybridized carbons (Fsp3) is 0.500. The van der Waals surface area contributed by atoms with Gasteiger partial charge in [-0.05, 0) is 12.1 Å². The molecule has 76 valence electrons. The Kier molecular flexibility index (Phi) is 2.96. The third kappa shape index (κ3) is 2.02. The van der Waals surface area contributed by atoms with Gasteiger partial charge >= 0.3 is 0 Å². The van der Waals surface area contributed by atoms with Crippen LogP contribution in [0.2, 0.25) is 0 Å². The molecule has 0 aliphatic carbocycles. The Balaban J connectivity index is 2.04. The SMILES string of the molecule is OCC1CN(c2ccccn2)CCO1. The van der Waals surface area contributed by atoms with Crippen LogP contribution in [0, 0.1) is 0 Å². The van der Waals surface area contributed by atoms with Gasteiger partial charge in [0.25, 0.3) is 0 Å². The molecule has 2 rings (SSSR count). The number of hydrogen-bond acceptors (Lipinski definition) is 4. The van der Waals surface area contributed by atoms with Crippen molar-refractivity contribution in [3.05, 3.63) is 24.4 Å². The van der Waals surface area contributed by atoms with Crippen molar-refractivity contribution in [1.29, 1.82) is 0 Å². The van der Waals surface area contributed by atoms with Crippen LogP contribution in [0.4, 0.5) is 5.82 Å². The van der Waals surface area contributed by atoms with Crippen LogP contribution >= 0.6 is 0 Å². The van der Waals surface area contributed by atoms with Crippen molar-refractivity contribution in [3.8, 4) is 0 Å². The van der Waals surface area contributed by atoms with Crippen molar-refractivity contribution in [1.82, 2.24) is 4.98 Å². The van der Waals surface area contributed by atoms with Gasteiger partial charge in [0.2, 0.25) is 0 Å². The molecule has 1 fully saturated rings. The van der Waals surface area contributed by atoms with Crippen molar-refractivity contribution < 1.29 is 9.84 Å². The molecule has 0 radical (unpaired) electrons. The van der Waals surface area contributed by atoms with Crippen LogP contribution in [0.15, 0.2) is 24.4 Å². The zero-order valence-corrected chi connectivity index (χ0v) is 7.97. The summed E-state index contributed by atoms with van der Waals surface area (Å²) >= 11 is 0. The molecule has 1 unspecified atom stereocenters. The van der Waals surface area contributed by atoms with E-state index >= 15 is 0 Å². The van der Waals surface area contributed by atoms with Gasteiger partial charge in [0.1, 0.15) is 5.82 Å². The zero-order valence-electron chi connectivity index (χ0n) is 7.97. The molecule has 1 aromatic rings. The molecule has 1 aliphatic heterocycles. The van der Waals surface area contributed by atoms with E-state index in [1.165, 1.54) is 0 Å². The summed E-state index contributed by atoms with van der Waals surface area (Å²) in [6.45, 7) is 2.28. The van der Waals surface area contributed by atoms with E-state index in [1.54, 1.807) is 6.20 Å². The van der Waals surface area contributed by atoms with E-state index < -0.39 is 0 Å². The molecule has 0 bridgehead atoms. The van der Waals surface area contributed by atoms with Crippen LogP contribution in [0.1, 0.15) is 0 Å². The zero-order chi connectivity index (χ0) is 9.80. The lowest BCUT2D eigenvalue weighted by atomic mass is 10.3. The molecule has 1 aliphatic rings. The Morgan fingerprint density at radius 2 is 2.50 bits per heavy atom. The molecule has 0 aromatic carbocycles. The second-order valence-electron chi connectivity index (χ2n) is 3.31. The summed E-state index contributed by atoms with van der Waals surface area (Å²) < 4.78 is 5.36. The Hall–Kier alpha value is -1.13. The first-order chi connectivity index (χ1) is 6.90. The van der Waals surface area contributed by atoms with E-state index in [0.29, 0.717) is 13.2 Å². The normalized spacial score (nSPS) is 22.4. The maximum atomic E-state index is 8.98. The molecule has 4 nitrogen and oxygen atoms in total. The van der Waals surface area contributed by atoms with Gasteiger partial charge in [-0.25, -0.2) is 4.98 Å². The van der Waals surface area contributed by atoms with Gasteiger partial charge in [0.15, 0.2) is 0 Å².